The average molecular weight is 506 g/mol. The van der Waals surface area contributed by atoms with Crippen LogP contribution in [0.25, 0.3) is 0 Å². The molecule has 198 valence electrons. The van der Waals surface area contributed by atoms with Gasteiger partial charge >= 0.3 is 6.18 Å². The van der Waals surface area contributed by atoms with Crippen LogP contribution in [-0.2, 0) is 4.79 Å². The predicted octanol–water partition coefficient (Wildman–Crippen LogP) is 2.61. The fourth-order valence-electron chi connectivity index (χ4n) is 4.98. The van der Waals surface area contributed by atoms with E-state index in [0.717, 1.165) is 0 Å². The minimum absolute atomic E-state index is 0.00960. The molecule has 0 spiro atoms. The van der Waals surface area contributed by atoms with Crippen LogP contribution in [0.15, 0.2) is 6.33 Å². The quantitative estimate of drug-likeness (QED) is 0.441. The fourth-order valence-corrected chi connectivity index (χ4v) is 4.98. The maximum atomic E-state index is 15.3. The van der Waals surface area contributed by atoms with E-state index in [1.807, 2.05) is 6.92 Å². The molecule has 1 aromatic rings. The molecule has 0 bridgehead atoms. The number of aliphatic hydroxyl groups is 2. The molecule has 2 atom stereocenters. The Morgan fingerprint density at radius 3 is 2.54 bits per heavy atom. The molecule has 0 amide bonds. The van der Waals surface area contributed by atoms with Gasteiger partial charge in [0.05, 0.1) is 18.6 Å². The first-order chi connectivity index (χ1) is 16.4. The Labute approximate surface area is 202 Å². The first-order valence-corrected chi connectivity index (χ1v) is 12.1. The lowest BCUT2D eigenvalue weighted by molar-refractivity contribution is -0.183. The minimum atomic E-state index is -4.17. The third kappa shape index (κ3) is 7.01. The molecule has 2 aliphatic rings. The van der Waals surface area contributed by atoms with Crippen LogP contribution >= 0.6 is 0 Å². The van der Waals surface area contributed by atoms with E-state index >= 15 is 4.39 Å². The summed E-state index contributed by atoms with van der Waals surface area (Å²) in [4.78, 5) is 22.8. The molecule has 3 rings (SSSR count). The molecule has 1 saturated heterocycles. The second kappa shape index (κ2) is 11.3. The number of hydrogen-bond donors (Lipinski definition) is 3. The molecule has 2 fully saturated rings. The Morgan fingerprint density at radius 2 is 1.97 bits per heavy atom. The van der Waals surface area contributed by atoms with Gasteiger partial charge in [-0.2, -0.15) is 17.6 Å². The molecule has 3 N–H and O–H groups in total. The van der Waals surface area contributed by atoms with Gasteiger partial charge in [0, 0.05) is 32.7 Å². The Hall–Kier alpha value is -2.05. The SMILES string of the molecule is CCN(CC1CCC(C(F)(F)F)CC1)c1ncnc(NCC2(O)CCN(CC(C)=O)CC2O)c1F. The Balaban J connectivity index is 1.61. The van der Waals surface area contributed by atoms with Gasteiger partial charge in [0.15, 0.2) is 11.6 Å². The zero-order valence-corrected chi connectivity index (χ0v) is 20.2. The molecule has 1 aliphatic heterocycles. The molecular formula is C23H35F4N5O3. The van der Waals surface area contributed by atoms with E-state index in [1.165, 1.54) is 13.3 Å². The lowest BCUT2D eigenvalue weighted by atomic mass is 9.81. The number of halogens is 4. The molecule has 0 aromatic carbocycles. The maximum Gasteiger partial charge on any atom is 0.391 e. The summed E-state index contributed by atoms with van der Waals surface area (Å²) < 4.78 is 54.2. The third-order valence-corrected chi connectivity index (χ3v) is 7.16. The summed E-state index contributed by atoms with van der Waals surface area (Å²) in [7, 11) is 0. The van der Waals surface area contributed by atoms with Crippen LogP contribution in [0.5, 0.6) is 0 Å². The lowest BCUT2D eigenvalue weighted by Gasteiger charge is -2.42. The number of β-amino-alcohol motifs (C(OH)–C–C–N with tert-alkyl or cyclic N) is 1. The van der Waals surface area contributed by atoms with Gasteiger partial charge in [0.1, 0.15) is 17.7 Å². The van der Waals surface area contributed by atoms with Crippen molar-refractivity contribution in [1.82, 2.24) is 14.9 Å². The molecule has 1 aromatic heterocycles. The van der Waals surface area contributed by atoms with Gasteiger partial charge in [-0.15, -0.1) is 0 Å². The van der Waals surface area contributed by atoms with Gasteiger partial charge < -0.3 is 20.4 Å². The zero-order valence-electron chi connectivity index (χ0n) is 20.2. The smallest absolute Gasteiger partial charge is 0.389 e. The summed E-state index contributed by atoms with van der Waals surface area (Å²) in [6.45, 7) is 4.66. The highest BCUT2D eigenvalue weighted by Gasteiger charge is 2.42. The predicted molar refractivity (Wildman–Crippen MR) is 123 cm³/mol. The zero-order chi connectivity index (χ0) is 25.8. The molecule has 8 nitrogen and oxygen atoms in total. The highest BCUT2D eigenvalue weighted by molar-refractivity contribution is 5.77. The minimum Gasteiger partial charge on any atom is -0.389 e. The van der Waals surface area contributed by atoms with E-state index in [9.17, 15) is 28.2 Å². The summed E-state index contributed by atoms with van der Waals surface area (Å²) in [6, 6.07) is 0. The number of aliphatic hydroxyl groups excluding tert-OH is 1. The highest BCUT2D eigenvalue weighted by Crippen LogP contribution is 2.40. The summed E-state index contributed by atoms with van der Waals surface area (Å²) in [5, 5.41) is 24.1. The number of alkyl halides is 3. The first-order valence-electron chi connectivity index (χ1n) is 12.1. The van der Waals surface area contributed by atoms with Crippen molar-refractivity contribution in [2.45, 2.75) is 63.8 Å². The van der Waals surface area contributed by atoms with E-state index in [0.29, 0.717) is 32.5 Å². The third-order valence-electron chi connectivity index (χ3n) is 7.16. The summed E-state index contributed by atoms with van der Waals surface area (Å²) in [5.41, 5.74) is -1.52. The number of ketones is 1. The van der Waals surface area contributed by atoms with Crippen molar-refractivity contribution in [2.75, 3.05) is 49.5 Å². The number of carbonyl (C=O) groups excluding carboxylic acids is 1. The number of hydrogen-bond acceptors (Lipinski definition) is 8. The number of carbonyl (C=O) groups is 1. The Kier molecular flexibility index (Phi) is 8.92. The fraction of sp³-hybridized carbons (Fsp3) is 0.783. The standard InChI is InChI=1S/C23H35F4N5O3/c1-3-32(11-16-4-6-17(7-5-16)23(25,26)27)21-19(24)20(29-14-30-21)28-13-22(35)8-9-31(10-15(2)33)12-18(22)34/h14,16-18,34-35H,3-13H2,1-2H3,(H,28,29,30). The van der Waals surface area contributed by atoms with Crippen LogP contribution in [0.3, 0.4) is 0 Å². The van der Waals surface area contributed by atoms with Crippen LogP contribution in [0, 0.1) is 17.7 Å². The summed E-state index contributed by atoms with van der Waals surface area (Å²) in [5.74, 6) is -2.09. The number of likely N-dealkylation sites (tertiary alicyclic amines) is 1. The average Bonchev–Trinajstić information content (AvgIpc) is 2.79. The molecule has 2 heterocycles. The first kappa shape index (κ1) is 27.5. The monoisotopic (exact) mass is 505 g/mol. The van der Waals surface area contributed by atoms with Gasteiger partial charge in [-0.3, -0.25) is 9.69 Å². The maximum absolute atomic E-state index is 15.3. The second-order valence-corrected chi connectivity index (χ2v) is 9.82. The second-order valence-electron chi connectivity index (χ2n) is 9.82. The number of nitrogens with one attached hydrogen (secondary N) is 1. The van der Waals surface area contributed by atoms with Crippen molar-refractivity contribution in [1.29, 1.82) is 0 Å². The van der Waals surface area contributed by atoms with E-state index < -0.39 is 29.6 Å². The lowest BCUT2D eigenvalue weighted by Crippen LogP contribution is -2.59. The van der Waals surface area contributed by atoms with Gasteiger partial charge in [-0.1, -0.05) is 0 Å². The Bertz CT molecular complexity index is 866. The molecular weight excluding hydrogens is 470 g/mol. The number of Topliss-reactive ketones (excluding diaryl/α,β-unsaturated/α-hetero) is 1. The van der Waals surface area contributed by atoms with Crippen molar-refractivity contribution < 1.29 is 32.6 Å². The summed E-state index contributed by atoms with van der Waals surface area (Å²) >= 11 is 0. The van der Waals surface area contributed by atoms with Crippen LogP contribution in [-0.4, -0.2) is 88.0 Å². The molecule has 2 unspecified atom stereocenters. The number of nitrogens with zero attached hydrogens (tertiary/aromatic N) is 4. The molecule has 1 aliphatic carbocycles. The van der Waals surface area contributed by atoms with Crippen molar-refractivity contribution in [2.24, 2.45) is 11.8 Å². The van der Waals surface area contributed by atoms with Crippen LogP contribution in [0.4, 0.5) is 29.2 Å². The van der Waals surface area contributed by atoms with Crippen molar-refractivity contribution in [3.63, 3.8) is 0 Å². The topological polar surface area (TPSA) is 102 Å². The number of aromatic nitrogens is 2. The Morgan fingerprint density at radius 1 is 1.29 bits per heavy atom. The van der Waals surface area contributed by atoms with Crippen molar-refractivity contribution in [3.8, 4) is 0 Å². The number of piperidine rings is 1. The summed E-state index contributed by atoms with van der Waals surface area (Å²) in [6.07, 6.45) is -2.92. The highest BCUT2D eigenvalue weighted by atomic mass is 19.4. The molecule has 1 saturated carbocycles. The van der Waals surface area contributed by atoms with E-state index in [4.69, 9.17) is 0 Å². The van der Waals surface area contributed by atoms with Crippen LogP contribution in [0.1, 0.15) is 46.0 Å². The van der Waals surface area contributed by atoms with Crippen LogP contribution < -0.4 is 10.2 Å². The largest absolute Gasteiger partial charge is 0.391 e. The van der Waals surface area contributed by atoms with E-state index in [2.05, 4.69) is 15.3 Å². The van der Waals surface area contributed by atoms with Crippen molar-refractivity contribution >= 4 is 17.4 Å². The van der Waals surface area contributed by atoms with Gasteiger partial charge in [-0.25, -0.2) is 9.97 Å². The van der Waals surface area contributed by atoms with Gasteiger partial charge in [0.25, 0.3) is 0 Å². The molecule has 12 heteroatoms. The molecule has 35 heavy (non-hydrogen) atoms. The van der Waals surface area contributed by atoms with E-state index in [-0.39, 0.29) is 62.2 Å². The number of anilines is 2. The normalized spacial score (nSPS) is 28.1. The van der Waals surface area contributed by atoms with Gasteiger partial charge in [-0.05, 0) is 51.9 Å². The van der Waals surface area contributed by atoms with Gasteiger partial charge in [0.2, 0.25) is 5.82 Å². The number of rotatable bonds is 9. The van der Waals surface area contributed by atoms with Crippen molar-refractivity contribution in [3.05, 3.63) is 12.1 Å². The van der Waals surface area contributed by atoms with E-state index in [1.54, 1.807) is 9.80 Å². The van der Waals surface area contributed by atoms with Crippen LogP contribution in [0.2, 0.25) is 0 Å². The molecule has 0 radical (unpaired) electrons.